The molecular weight excluding hydrogens is 430 g/mol. The first-order chi connectivity index (χ1) is 16.7. The molecule has 0 spiro atoms. The van der Waals surface area contributed by atoms with Gasteiger partial charge in [0.05, 0.1) is 18.5 Å². The Hall–Kier alpha value is -3.39. The van der Waals surface area contributed by atoms with E-state index in [1.165, 1.54) is 12.8 Å². The first-order valence-corrected chi connectivity index (χ1v) is 12.2. The molecule has 4 heterocycles. The van der Waals surface area contributed by atoms with E-state index in [1.54, 1.807) is 17.0 Å². The van der Waals surface area contributed by atoms with Crippen LogP contribution >= 0.6 is 0 Å². The largest absolute Gasteiger partial charge is 0.463 e. The maximum Gasteiger partial charge on any atom is 0.272 e. The summed E-state index contributed by atoms with van der Waals surface area (Å²) in [7, 11) is 0. The topological polar surface area (TPSA) is 74.8 Å². The molecule has 5 rings (SSSR count). The van der Waals surface area contributed by atoms with Crippen LogP contribution in [0.25, 0.3) is 17.1 Å². The van der Waals surface area contributed by atoms with Crippen LogP contribution in [-0.2, 0) is 4.79 Å². The van der Waals surface area contributed by atoms with Crippen molar-refractivity contribution in [3.63, 3.8) is 0 Å². The SMILES string of the molecule is O=C(CN1CCN(C(=O)c2cc(-c3ccco3)nn2-c2ccccc2)CC1)N1CCCCCC1. The third-order valence-electron chi connectivity index (χ3n) is 6.68. The molecule has 0 N–H and O–H groups in total. The van der Waals surface area contributed by atoms with Crippen molar-refractivity contribution < 1.29 is 14.0 Å². The van der Waals surface area contributed by atoms with Crippen molar-refractivity contribution in [2.75, 3.05) is 45.8 Å². The van der Waals surface area contributed by atoms with Gasteiger partial charge >= 0.3 is 0 Å². The summed E-state index contributed by atoms with van der Waals surface area (Å²) in [6, 6.07) is 15.1. The molecule has 0 aliphatic carbocycles. The Bertz CT molecular complexity index is 1090. The fourth-order valence-electron chi connectivity index (χ4n) is 4.73. The maximum atomic E-state index is 13.5. The molecule has 34 heavy (non-hydrogen) atoms. The average molecular weight is 462 g/mol. The Balaban J connectivity index is 1.27. The lowest BCUT2D eigenvalue weighted by Crippen LogP contribution is -2.51. The van der Waals surface area contributed by atoms with Gasteiger partial charge in [-0.2, -0.15) is 5.10 Å². The molecule has 0 radical (unpaired) electrons. The third-order valence-corrected chi connectivity index (χ3v) is 6.68. The van der Waals surface area contributed by atoms with Crippen LogP contribution < -0.4 is 0 Å². The summed E-state index contributed by atoms with van der Waals surface area (Å²) in [4.78, 5) is 32.3. The second-order valence-corrected chi connectivity index (χ2v) is 9.00. The molecule has 2 saturated heterocycles. The fourth-order valence-corrected chi connectivity index (χ4v) is 4.73. The monoisotopic (exact) mass is 461 g/mol. The van der Waals surface area contributed by atoms with Gasteiger partial charge in [-0.3, -0.25) is 14.5 Å². The number of likely N-dealkylation sites (tertiary alicyclic amines) is 1. The number of hydrogen-bond donors (Lipinski definition) is 0. The lowest BCUT2D eigenvalue weighted by Gasteiger charge is -2.35. The minimum Gasteiger partial charge on any atom is -0.463 e. The van der Waals surface area contributed by atoms with Gasteiger partial charge < -0.3 is 14.2 Å². The molecule has 178 valence electrons. The van der Waals surface area contributed by atoms with Gasteiger partial charge in [-0.1, -0.05) is 31.0 Å². The van der Waals surface area contributed by atoms with E-state index >= 15 is 0 Å². The van der Waals surface area contributed by atoms with E-state index in [9.17, 15) is 9.59 Å². The van der Waals surface area contributed by atoms with E-state index in [0.29, 0.717) is 49.9 Å². The number of nitrogens with zero attached hydrogens (tertiary/aromatic N) is 5. The van der Waals surface area contributed by atoms with E-state index in [4.69, 9.17) is 4.42 Å². The van der Waals surface area contributed by atoms with Crippen LogP contribution in [0.15, 0.2) is 59.2 Å². The number of carbonyl (C=O) groups excluding carboxylic acids is 2. The summed E-state index contributed by atoms with van der Waals surface area (Å²) in [5, 5.41) is 4.67. The van der Waals surface area contributed by atoms with E-state index < -0.39 is 0 Å². The standard InChI is InChI=1S/C26H31N5O3/c32-25(29-12-6-1-2-7-13-29)20-28-14-16-30(17-15-28)26(33)23-19-22(24-11-8-18-34-24)27-31(23)21-9-4-3-5-10-21/h3-5,8-11,18-19H,1-2,6-7,12-17,20H2. The van der Waals surface area contributed by atoms with E-state index in [0.717, 1.165) is 31.6 Å². The summed E-state index contributed by atoms with van der Waals surface area (Å²) < 4.78 is 7.20. The van der Waals surface area contributed by atoms with Gasteiger partial charge in [-0.05, 0) is 37.1 Å². The molecule has 2 aliphatic heterocycles. The molecule has 2 aliphatic rings. The van der Waals surface area contributed by atoms with Crippen molar-refractivity contribution in [1.82, 2.24) is 24.5 Å². The third kappa shape index (κ3) is 4.92. The Kier molecular flexibility index (Phi) is 6.76. The number of benzene rings is 1. The molecule has 2 aromatic heterocycles. The highest BCUT2D eigenvalue weighted by molar-refractivity contribution is 5.94. The van der Waals surface area contributed by atoms with Crippen molar-refractivity contribution in [1.29, 1.82) is 0 Å². The van der Waals surface area contributed by atoms with Gasteiger partial charge in [0.2, 0.25) is 5.91 Å². The molecule has 8 heteroatoms. The average Bonchev–Trinajstić information content (AvgIpc) is 3.49. The van der Waals surface area contributed by atoms with Crippen molar-refractivity contribution in [2.24, 2.45) is 0 Å². The molecular formula is C26H31N5O3. The van der Waals surface area contributed by atoms with E-state index in [-0.39, 0.29) is 11.8 Å². The zero-order valence-electron chi connectivity index (χ0n) is 19.4. The first-order valence-electron chi connectivity index (χ1n) is 12.2. The van der Waals surface area contributed by atoms with Crippen molar-refractivity contribution in [3.8, 4) is 17.1 Å². The van der Waals surface area contributed by atoms with Crippen molar-refractivity contribution in [3.05, 3.63) is 60.5 Å². The summed E-state index contributed by atoms with van der Waals surface area (Å²) in [6.07, 6.45) is 6.23. The molecule has 8 nitrogen and oxygen atoms in total. The molecule has 0 atom stereocenters. The number of hydrogen-bond acceptors (Lipinski definition) is 5. The summed E-state index contributed by atoms with van der Waals surface area (Å²) >= 11 is 0. The number of aromatic nitrogens is 2. The fraction of sp³-hybridized carbons (Fsp3) is 0.423. The summed E-state index contributed by atoms with van der Waals surface area (Å²) in [5.74, 6) is 0.778. The number of furan rings is 1. The highest BCUT2D eigenvalue weighted by Crippen LogP contribution is 2.23. The van der Waals surface area contributed by atoms with E-state index in [1.807, 2.05) is 52.3 Å². The van der Waals surface area contributed by atoms with Crippen LogP contribution in [0, 0.1) is 0 Å². The molecule has 1 aromatic carbocycles. The molecule has 0 unspecified atom stereocenters. The van der Waals surface area contributed by atoms with Gasteiger partial charge in [0.25, 0.3) is 5.91 Å². The zero-order valence-corrected chi connectivity index (χ0v) is 19.4. The normalized spacial score (nSPS) is 17.5. The van der Waals surface area contributed by atoms with Gasteiger partial charge in [-0.25, -0.2) is 4.68 Å². The Morgan fingerprint density at radius 1 is 0.824 bits per heavy atom. The zero-order chi connectivity index (χ0) is 23.3. The van der Waals surface area contributed by atoms with Crippen LogP contribution in [0.5, 0.6) is 0 Å². The molecule has 0 bridgehead atoms. The number of para-hydroxylation sites is 1. The lowest BCUT2D eigenvalue weighted by atomic mass is 10.2. The predicted octanol–water partition coefficient (Wildman–Crippen LogP) is 3.29. The van der Waals surface area contributed by atoms with Gasteiger partial charge in [-0.15, -0.1) is 0 Å². The molecule has 2 amide bonds. The van der Waals surface area contributed by atoms with Crippen LogP contribution in [-0.4, -0.2) is 82.1 Å². The summed E-state index contributed by atoms with van der Waals surface area (Å²) in [6.45, 7) is 4.74. The second kappa shape index (κ2) is 10.3. The van der Waals surface area contributed by atoms with Crippen LogP contribution in [0.1, 0.15) is 36.2 Å². The highest BCUT2D eigenvalue weighted by atomic mass is 16.3. The highest BCUT2D eigenvalue weighted by Gasteiger charge is 2.28. The molecule has 2 fully saturated rings. The maximum absolute atomic E-state index is 13.5. The lowest BCUT2D eigenvalue weighted by molar-refractivity contribution is -0.132. The molecule has 3 aromatic rings. The Morgan fingerprint density at radius 2 is 1.56 bits per heavy atom. The quantitative estimate of drug-likeness (QED) is 0.583. The van der Waals surface area contributed by atoms with Gasteiger partial charge in [0.1, 0.15) is 11.4 Å². The number of carbonyl (C=O) groups is 2. The first kappa shape index (κ1) is 22.4. The Labute approximate surface area is 199 Å². The van der Waals surface area contributed by atoms with Crippen LogP contribution in [0.4, 0.5) is 0 Å². The Morgan fingerprint density at radius 3 is 2.24 bits per heavy atom. The van der Waals surface area contributed by atoms with Gasteiger partial charge in [0, 0.05) is 45.3 Å². The number of amides is 2. The minimum atomic E-state index is -0.0624. The van der Waals surface area contributed by atoms with Crippen LogP contribution in [0.3, 0.4) is 0 Å². The van der Waals surface area contributed by atoms with Gasteiger partial charge in [0.15, 0.2) is 5.76 Å². The second-order valence-electron chi connectivity index (χ2n) is 9.00. The number of rotatable bonds is 5. The number of piperazine rings is 1. The molecule has 0 saturated carbocycles. The van der Waals surface area contributed by atoms with Crippen LogP contribution in [0.2, 0.25) is 0 Å². The predicted molar refractivity (Wildman–Crippen MR) is 129 cm³/mol. The van der Waals surface area contributed by atoms with E-state index in [2.05, 4.69) is 10.00 Å². The van der Waals surface area contributed by atoms with Crippen molar-refractivity contribution in [2.45, 2.75) is 25.7 Å². The minimum absolute atomic E-state index is 0.0624. The summed E-state index contributed by atoms with van der Waals surface area (Å²) in [5.41, 5.74) is 1.95. The van der Waals surface area contributed by atoms with Crippen molar-refractivity contribution >= 4 is 11.8 Å². The smallest absolute Gasteiger partial charge is 0.272 e.